The summed E-state index contributed by atoms with van der Waals surface area (Å²) in [5, 5.41) is 16.6. The van der Waals surface area contributed by atoms with Crippen molar-refractivity contribution in [3.05, 3.63) is 136 Å². The van der Waals surface area contributed by atoms with Gasteiger partial charge in [0.25, 0.3) is 0 Å². The second kappa shape index (κ2) is 12.9. The number of carbonyl (C=O) groups excluding carboxylic acids is 1. The number of benzene rings is 4. The highest BCUT2D eigenvalue weighted by Gasteiger charge is 2.25. The number of urea groups is 1. The summed E-state index contributed by atoms with van der Waals surface area (Å²) in [6.45, 7) is 3.98. The molecule has 1 atom stereocenters. The van der Waals surface area contributed by atoms with Crippen LogP contribution in [0.25, 0.3) is 5.69 Å². The van der Waals surface area contributed by atoms with Crippen molar-refractivity contribution in [2.24, 2.45) is 0 Å². The molecule has 0 spiro atoms. The first-order valence-corrected chi connectivity index (χ1v) is 14.4. The van der Waals surface area contributed by atoms with E-state index in [0.29, 0.717) is 23.0 Å². The Labute approximate surface area is 243 Å². The molecule has 0 radical (unpaired) electrons. The third-order valence-electron chi connectivity index (χ3n) is 6.49. The number of aryl methyl sites for hydroxylation is 2. The fourth-order valence-corrected chi connectivity index (χ4v) is 5.41. The zero-order valence-electron chi connectivity index (χ0n) is 22.3. The van der Waals surface area contributed by atoms with E-state index in [0.717, 1.165) is 33.3 Å². The molecule has 202 valence electrons. The van der Waals surface area contributed by atoms with Crippen molar-refractivity contribution in [3.63, 3.8) is 0 Å². The van der Waals surface area contributed by atoms with Crippen LogP contribution in [0.15, 0.2) is 108 Å². The second-order valence-corrected chi connectivity index (χ2v) is 10.9. The van der Waals surface area contributed by atoms with Crippen molar-refractivity contribution in [3.8, 4) is 5.69 Å². The van der Waals surface area contributed by atoms with E-state index >= 15 is 0 Å². The number of amides is 2. The summed E-state index contributed by atoms with van der Waals surface area (Å²) in [4.78, 5) is 13.3. The first kappa shape index (κ1) is 27.5. The Kier molecular flexibility index (Phi) is 8.84. The summed E-state index contributed by atoms with van der Waals surface area (Å²) in [6.07, 6.45) is 0.538. The minimum absolute atomic E-state index is 0.349. The number of thioether (sulfide) groups is 1. The van der Waals surface area contributed by atoms with Crippen molar-refractivity contribution in [2.75, 3.05) is 5.32 Å². The molecule has 4 aromatic carbocycles. The van der Waals surface area contributed by atoms with Crippen LogP contribution in [0.3, 0.4) is 0 Å². The fourth-order valence-electron chi connectivity index (χ4n) is 4.31. The number of nitrogens with one attached hydrogen (secondary N) is 2. The number of aromatic nitrogens is 3. The van der Waals surface area contributed by atoms with Gasteiger partial charge in [0, 0.05) is 28.6 Å². The molecule has 0 bridgehead atoms. The molecule has 8 heteroatoms. The predicted octanol–water partition coefficient (Wildman–Crippen LogP) is 7.94. The minimum Gasteiger partial charge on any atom is -0.327 e. The Bertz CT molecular complexity index is 1570. The maximum atomic E-state index is 13.3. The summed E-state index contributed by atoms with van der Waals surface area (Å²) >= 11 is 7.90. The van der Waals surface area contributed by atoms with E-state index in [-0.39, 0.29) is 6.03 Å². The average Bonchev–Trinajstić information content (AvgIpc) is 3.39. The third kappa shape index (κ3) is 6.92. The van der Waals surface area contributed by atoms with Gasteiger partial charge in [-0.15, -0.1) is 10.2 Å². The standard InChI is InChI=1S/C32H30ClN5OS/c1-22-13-17-27(18-14-22)38-30(36-37-32(38)40-21-25-11-7-4-8-12-25)29(19-24-9-5-3-6-10-24)35-31(39)34-26-16-15-23(2)28(33)20-26/h3-18,20,29H,19,21H2,1-2H3,(H2,34,35,39)/t29-/m1/s1. The van der Waals surface area contributed by atoms with Crippen molar-refractivity contribution < 1.29 is 4.79 Å². The third-order valence-corrected chi connectivity index (χ3v) is 7.90. The van der Waals surface area contributed by atoms with E-state index in [1.807, 2.05) is 72.2 Å². The summed E-state index contributed by atoms with van der Waals surface area (Å²) in [7, 11) is 0. The molecule has 0 aliphatic heterocycles. The van der Waals surface area contributed by atoms with E-state index < -0.39 is 6.04 Å². The molecule has 5 aromatic rings. The highest BCUT2D eigenvalue weighted by Crippen LogP contribution is 2.29. The van der Waals surface area contributed by atoms with Crippen molar-refractivity contribution in [1.29, 1.82) is 0 Å². The van der Waals surface area contributed by atoms with Crippen LogP contribution in [0.4, 0.5) is 10.5 Å². The van der Waals surface area contributed by atoms with Crippen molar-refractivity contribution in [1.82, 2.24) is 20.1 Å². The molecule has 1 aromatic heterocycles. The normalized spacial score (nSPS) is 11.7. The molecule has 0 saturated heterocycles. The Hall–Kier alpha value is -4.07. The molecule has 6 nitrogen and oxygen atoms in total. The van der Waals surface area contributed by atoms with Crippen LogP contribution < -0.4 is 10.6 Å². The quantitative estimate of drug-likeness (QED) is 0.177. The molecule has 2 N–H and O–H groups in total. The first-order valence-electron chi connectivity index (χ1n) is 13.0. The van der Waals surface area contributed by atoms with Crippen LogP contribution in [0, 0.1) is 13.8 Å². The summed E-state index contributed by atoms with van der Waals surface area (Å²) in [6, 6.07) is 33.2. The minimum atomic E-state index is -0.455. The van der Waals surface area contributed by atoms with E-state index in [9.17, 15) is 4.79 Å². The van der Waals surface area contributed by atoms with Gasteiger partial charge in [0.05, 0.1) is 6.04 Å². The molecule has 0 saturated carbocycles. The lowest BCUT2D eigenvalue weighted by Gasteiger charge is -2.21. The molecule has 0 aliphatic carbocycles. The molecule has 0 fully saturated rings. The van der Waals surface area contributed by atoms with E-state index in [2.05, 4.69) is 64.2 Å². The highest BCUT2D eigenvalue weighted by molar-refractivity contribution is 7.98. The Balaban J connectivity index is 1.49. The average molecular weight is 568 g/mol. The van der Waals surface area contributed by atoms with Gasteiger partial charge in [0.15, 0.2) is 11.0 Å². The number of anilines is 1. The molecule has 1 heterocycles. The summed E-state index contributed by atoms with van der Waals surface area (Å²) in [5.41, 5.74) is 5.93. The monoisotopic (exact) mass is 567 g/mol. The van der Waals surface area contributed by atoms with E-state index in [4.69, 9.17) is 11.6 Å². The fraction of sp³-hybridized carbons (Fsp3) is 0.156. The lowest BCUT2D eigenvalue weighted by atomic mass is 10.1. The van der Waals surface area contributed by atoms with E-state index in [1.54, 1.807) is 17.8 Å². The van der Waals surface area contributed by atoms with Crippen LogP contribution in [0.1, 0.15) is 34.1 Å². The molecule has 0 aliphatic rings. The van der Waals surface area contributed by atoms with Gasteiger partial charge in [-0.05, 0) is 54.8 Å². The topological polar surface area (TPSA) is 71.8 Å². The van der Waals surface area contributed by atoms with Gasteiger partial charge in [-0.25, -0.2) is 4.79 Å². The Morgan fingerprint density at radius 1 is 0.875 bits per heavy atom. The number of carbonyl (C=O) groups is 1. The largest absolute Gasteiger partial charge is 0.327 e. The van der Waals surface area contributed by atoms with Crippen LogP contribution in [0.5, 0.6) is 0 Å². The smallest absolute Gasteiger partial charge is 0.319 e. The van der Waals surface area contributed by atoms with Crippen LogP contribution in [-0.4, -0.2) is 20.8 Å². The van der Waals surface area contributed by atoms with Crippen LogP contribution in [-0.2, 0) is 12.2 Å². The predicted molar refractivity (Wildman–Crippen MR) is 163 cm³/mol. The SMILES string of the molecule is Cc1ccc(-n2c(SCc3ccccc3)nnc2[C@@H](Cc2ccccc2)NC(=O)Nc2ccc(C)c(Cl)c2)cc1. The zero-order chi connectivity index (χ0) is 27.9. The first-order chi connectivity index (χ1) is 19.5. The van der Waals surface area contributed by atoms with Gasteiger partial charge in [-0.3, -0.25) is 4.57 Å². The van der Waals surface area contributed by atoms with E-state index in [1.165, 1.54) is 5.56 Å². The molecule has 40 heavy (non-hydrogen) atoms. The number of halogens is 1. The Morgan fingerprint density at radius 3 is 2.23 bits per heavy atom. The molecule has 0 unspecified atom stereocenters. The van der Waals surface area contributed by atoms with Crippen molar-refractivity contribution >= 4 is 35.1 Å². The highest BCUT2D eigenvalue weighted by atomic mass is 35.5. The van der Waals surface area contributed by atoms with Gasteiger partial charge < -0.3 is 10.6 Å². The van der Waals surface area contributed by atoms with Crippen molar-refractivity contribution in [2.45, 2.75) is 37.2 Å². The maximum absolute atomic E-state index is 13.3. The molecular weight excluding hydrogens is 538 g/mol. The lowest BCUT2D eigenvalue weighted by molar-refractivity contribution is 0.247. The maximum Gasteiger partial charge on any atom is 0.319 e. The molecule has 2 amide bonds. The summed E-state index contributed by atoms with van der Waals surface area (Å²) < 4.78 is 2.05. The molecular formula is C32H30ClN5OS. The van der Waals surface area contributed by atoms with Gasteiger partial charge in [-0.2, -0.15) is 0 Å². The number of hydrogen-bond donors (Lipinski definition) is 2. The van der Waals surface area contributed by atoms with Crippen LogP contribution in [0.2, 0.25) is 5.02 Å². The number of rotatable bonds is 9. The van der Waals surface area contributed by atoms with Crippen LogP contribution >= 0.6 is 23.4 Å². The summed E-state index contributed by atoms with van der Waals surface area (Å²) in [5.74, 6) is 1.40. The lowest BCUT2D eigenvalue weighted by Crippen LogP contribution is -2.35. The second-order valence-electron chi connectivity index (χ2n) is 9.59. The number of hydrogen-bond acceptors (Lipinski definition) is 4. The Morgan fingerprint density at radius 2 is 1.55 bits per heavy atom. The molecule has 5 rings (SSSR count). The number of nitrogens with zero attached hydrogens (tertiary/aromatic N) is 3. The zero-order valence-corrected chi connectivity index (χ0v) is 23.9. The van der Waals surface area contributed by atoms with Gasteiger partial charge >= 0.3 is 6.03 Å². The van der Waals surface area contributed by atoms with Gasteiger partial charge in [-0.1, -0.05) is 108 Å². The van der Waals surface area contributed by atoms with Gasteiger partial charge in [0.2, 0.25) is 0 Å². The van der Waals surface area contributed by atoms with Gasteiger partial charge in [0.1, 0.15) is 0 Å².